The van der Waals surface area contributed by atoms with Crippen LogP contribution in [0, 0.1) is 0 Å². The number of nitrogens with zero attached hydrogens (tertiary/aromatic N) is 1. The van der Waals surface area contributed by atoms with Crippen LogP contribution in [-0.4, -0.2) is 47.7 Å². The lowest BCUT2D eigenvalue weighted by Gasteiger charge is -2.33. The van der Waals surface area contributed by atoms with Gasteiger partial charge in [-0.15, -0.1) is 0 Å². The third kappa shape index (κ3) is 5.87. The van der Waals surface area contributed by atoms with E-state index in [-0.39, 0.29) is 24.9 Å². The highest BCUT2D eigenvalue weighted by Gasteiger charge is 2.30. The van der Waals surface area contributed by atoms with Crippen LogP contribution in [-0.2, 0) is 20.5 Å². The Morgan fingerprint density at radius 2 is 1.81 bits per heavy atom. The number of alkyl halides is 3. The quantitative estimate of drug-likeness (QED) is 0.780. The van der Waals surface area contributed by atoms with Crippen LogP contribution in [0.25, 0.3) is 6.08 Å². The number of carboxylic acid groups (broad SMARTS) is 1. The normalized spacial score (nSPS) is 16.0. The molecule has 1 saturated heterocycles. The van der Waals surface area contributed by atoms with Gasteiger partial charge in [0.25, 0.3) is 0 Å². The van der Waals surface area contributed by atoms with Crippen LogP contribution in [0.5, 0.6) is 0 Å². The minimum Gasteiger partial charge on any atom is -0.481 e. The summed E-state index contributed by atoms with van der Waals surface area (Å²) in [5, 5.41) is 8.87. The van der Waals surface area contributed by atoms with Crippen molar-refractivity contribution >= 4 is 18.0 Å². The van der Waals surface area contributed by atoms with Crippen molar-refractivity contribution in [2.24, 2.45) is 0 Å². The number of halogens is 3. The van der Waals surface area contributed by atoms with Crippen molar-refractivity contribution < 1.29 is 32.6 Å². The van der Waals surface area contributed by atoms with Crippen LogP contribution < -0.4 is 0 Å². The second-order valence-electron chi connectivity index (χ2n) is 5.97. The van der Waals surface area contributed by atoms with Gasteiger partial charge in [-0.05, 0) is 36.6 Å². The van der Waals surface area contributed by atoms with Gasteiger partial charge in [0.15, 0.2) is 0 Å². The molecule has 1 fully saturated rings. The molecular formula is C18H20F3NO4. The number of hydrogen-bond donors (Lipinski definition) is 1. The summed E-state index contributed by atoms with van der Waals surface area (Å²) in [6.07, 6.45) is -0.638. The highest BCUT2D eigenvalue weighted by atomic mass is 19.4. The standard InChI is InChI=1S/C18H20F3NO4/c19-18(20,21)14-4-1-13(2-5-14)3-6-16(23)22(10-7-17(24)25)15-8-11-26-12-9-15/h1-6,15H,7-12H2,(H,24,25). The van der Waals surface area contributed by atoms with Crippen molar-refractivity contribution in [2.75, 3.05) is 19.8 Å². The van der Waals surface area contributed by atoms with Crippen LogP contribution in [0.1, 0.15) is 30.4 Å². The molecule has 0 unspecified atom stereocenters. The minimum atomic E-state index is -4.41. The van der Waals surface area contributed by atoms with E-state index in [1.807, 2.05) is 0 Å². The van der Waals surface area contributed by atoms with E-state index in [4.69, 9.17) is 9.84 Å². The second-order valence-corrected chi connectivity index (χ2v) is 5.97. The van der Waals surface area contributed by atoms with Crippen molar-refractivity contribution in [3.8, 4) is 0 Å². The van der Waals surface area contributed by atoms with E-state index in [1.165, 1.54) is 29.2 Å². The van der Waals surface area contributed by atoms with E-state index in [9.17, 15) is 22.8 Å². The summed E-state index contributed by atoms with van der Waals surface area (Å²) in [7, 11) is 0. The molecule has 0 bridgehead atoms. The van der Waals surface area contributed by atoms with Crippen molar-refractivity contribution in [3.63, 3.8) is 0 Å². The van der Waals surface area contributed by atoms with E-state index in [1.54, 1.807) is 0 Å². The lowest BCUT2D eigenvalue weighted by Crippen LogP contribution is -2.43. The van der Waals surface area contributed by atoms with Gasteiger partial charge in [-0.1, -0.05) is 12.1 Å². The Bertz CT molecular complexity index is 649. The number of benzene rings is 1. The molecule has 8 heteroatoms. The fourth-order valence-corrected chi connectivity index (χ4v) is 2.73. The van der Waals surface area contributed by atoms with Gasteiger partial charge in [0.05, 0.1) is 12.0 Å². The van der Waals surface area contributed by atoms with E-state index < -0.39 is 17.7 Å². The summed E-state index contributed by atoms with van der Waals surface area (Å²) >= 11 is 0. The van der Waals surface area contributed by atoms with Gasteiger partial charge < -0.3 is 14.7 Å². The summed E-state index contributed by atoms with van der Waals surface area (Å²) in [5.74, 6) is -1.36. The number of amides is 1. The second kappa shape index (κ2) is 8.84. The van der Waals surface area contributed by atoms with Crippen LogP contribution >= 0.6 is 0 Å². The van der Waals surface area contributed by atoms with Gasteiger partial charge in [0.1, 0.15) is 0 Å². The first-order valence-electron chi connectivity index (χ1n) is 8.23. The number of rotatable bonds is 6. The average Bonchev–Trinajstić information content (AvgIpc) is 2.60. The van der Waals surface area contributed by atoms with Gasteiger partial charge in [-0.3, -0.25) is 9.59 Å². The minimum absolute atomic E-state index is 0.0795. The molecule has 1 aliphatic heterocycles. The fourth-order valence-electron chi connectivity index (χ4n) is 2.73. The molecule has 142 valence electrons. The molecule has 1 amide bonds. The molecule has 1 aromatic rings. The number of carbonyl (C=O) groups is 2. The van der Waals surface area contributed by atoms with E-state index >= 15 is 0 Å². The Kier molecular flexibility index (Phi) is 6.79. The number of carboxylic acids is 1. The summed E-state index contributed by atoms with van der Waals surface area (Å²) in [4.78, 5) is 24.8. The summed E-state index contributed by atoms with van der Waals surface area (Å²) in [5.41, 5.74) is -0.303. The van der Waals surface area contributed by atoms with E-state index in [0.717, 1.165) is 12.1 Å². The molecule has 1 aliphatic rings. The zero-order chi connectivity index (χ0) is 19.2. The predicted molar refractivity (Wildman–Crippen MR) is 88.3 cm³/mol. The van der Waals surface area contributed by atoms with Crippen LogP contribution in [0.15, 0.2) is 30.3 Å². The Hall–Kier alpha value is -2.35. The van der Waals surface area contributed by atoms with E-state index in [0.29, 0.717) is 31.6 Å². The van der Waals surface area contributed by atoms with Gasteiger partial charge in [0.2, 0.25) is 5.91 Å². The maximum absolute atomic E-state index is 12.6. The third-order valence-electron chi connectivity index (χ3n) is 4.14. The Morgan fingerprint density at radius 1 is 1.19 bits per heavy atom. The van der Waals surface area contributed by atoms with Crippen LogP contribution in [0.3, 0.4) is 0 Å². The number of aliphatic carboxylic acids is 1. The molecule has 0 atom stereocenters. The highest BCUT2D eigenvalue weighted by molar-refractivity contribution is 5.92. The Morgan fingerprint density at radius 3 is 2.35 bits per heavy atom. The lowest BCUT2D eigenvalue weighted by molar-refractivity contribution is -0.139. The maximum Gasteiger partial charge on any atom is 0.416 e. The zero-order valence-corrected chi connectivity index (χ0v) is 14.0. The summed E-state index contributed by atoms with van der Waals surface area (Å²) < 4.78 is 42.9. The van der Waals surface area contributed by atoms with Gasteiger partial charge in [-0.2, -0.15) is 13.2 Å². The molecule has 0 radical (unpaired) electrons. The SMILES string of the molecule is O=C(O)CCN(C(=O)C=Cc1ccc(C(F)(F)F)cc1)C1CCOCC1. The molecule has 5 nitrogen and oxygen atoms in total. The van der Waals surface area contributed by atoms with Crippen LogP contribution in [0.2, 0.25) is 0 Å². The van der Waals surface area contributed by atoms with Gasteiger partial charge in [0, 0.05) is 31.9 Å². The van der Waals surface area contributed by atoms with Crippen LogP contribution in [0.4, 0.5) is 13.2 Å². The molecule has 1 heterocycles. The molecule has 2 rings (SSSR count). The van der Waals surface area contributed by atoms with Crippen molar-refractivity contribution in [3.05, 3.63) is 41.5 Å². The first-order valence-corrected chi connectivity index (χ1v) is 8.23. The molecule has 1 aromatic carbocycles. The molecule has 0 aromatic heterocycles. The third-order valence-corrected chi connectivity index (χ3v) is 4.14. The zero-order valence-electron chi connectivity index (χ0n) is 14.0. The summed E-state index contributed by atoms with van der Waals surface area (Å²) in [6, 6.07) is 4.36. The monoisotopic (exact) mass is 371 g/mol. The van der Waals surface area contributed by atoms with E-state index in [2.05, 4.69) is 0 Å². The molecular weight excluding hydrogens is 351 g/mol. The van der Waals surface area contributed by atoms with Crippen molar-refractivity contribution in [1.29, 1.82) is 0 Å². The topological polar surface area (TPSA) is 66.8 Å². The maximum atomic E-state index is 12.6. The average molecular weight is 371 g/mol. The molecule has 0 saturated carbocycles. The number of carbonyl (C=O) groups excluding carboxylic acids is 1. The molecule has 0 spiro atoms. The number of hydrogen-bond acceptors (Lipinski definition) is 3. The van der Waals surface area contributed by atoms with Crippen molar-refractivity contribution in [1.82, 2.24) is 4.90 Å². The Balaban J connectivity index is 2.06. The van der Waals surface area contributed by atoms with Gasteiger partial charge >= 0.3 is 12.1 Å². The molecule has 1 N–H and O–H groups in total. The predicted octanol–water partition coefficient (Wildman–Crippen LogP) is 3.20. The highest BCUT2D eigenvalue weighted by Crippen LogP contribution is 2.29. The first kappa shape index (κ1) is 20.0. The molecule has 26 heavy (non-hydrogen) atoms. The largest absolute Gasteiger partial charge is 0.481 e. The van der Waals surface area contributed by atoms with Crippen molar-refractivity contribution in [2.45, 2.75) is 31.5 Å². The Labute approximate surface area is 149 Å². The molecule has 0 aliphatic carbocycles. The van der Waals surface area contributed by atoms with Gasteiger partial charge in [-0.25, -0.2) is 0 Å². The summed E-state index contributed by atoms with van der Waals surface area (Å²) in [6.45, 7) is 1.09. The lowest BCUT2D eigenvalue weighted by atomic mass is 10.1. The number of ether oxygens (including phenoxy) is 1. The fraction of sp³-hybridized carbons (Fsp3) is 0.444. The smallest absolute Gasteiger partial charge is 0.416 e. The first-order chi connectivity index (χ1) is 12.3.